The zero-order valence-electron chi connectivity index (χ0n) is 15.7. The number of benzene rings is 3. The van der Waals surface area contributed by atoms with E-state index in [0.29, 0.717) is 23.1 Å². The van der Waals surface area contributed by atoms with Crippen LogP contribution in [-0.4, -0.2) is 14.2 Å². The molecule has 0 unspecified atom stereocenters. The van der Waals surface area contributed by atoms with E-state index in [9.17, 15) is 4.39 Å². The van der Waals surface area contributed by atoms with Gasteiger partial charge in [0.25, 0.3) is 0 Å². The summed E-state index contributed by atoms with van der Waals surface area (Å²) < 4.78 is 29.4. The Morgan fingerprint density at radius 2 is 1.61 bits per heavy atom. The summed E-state index contributed by atoms with van der Waals surface area (Å²) in [6.07, 6.45) is 0. The first-order chi connectivity index (χ1) is 13.6. The van der Waals surface area contributed by atoms with E-state index >= 15 is 0 Å². The van der Waals surface area contributed by atoms with Gasteiger partial charge in [-0.05, 0) is 59.7 Å². The summed E-state index contributed by atoms with van der Waals surface area (Å²) in [5.41, 5.74) is 2.75. The van der Waals surface area contributed by atoms with E-state index in [1.165, 1.54) is 12.1 Å². The third kappa shape index (κ3) is 5.08. The van der Waals surface area contributed by atoms with Crippen molar-refractivity contribution in [3.63, 3.8) is 0 Å². The molecule has 0 heterocycles. The Hall–Kier alpha value is -2.92. The first-order valence-electron chi connectivity index (χ1n) is 8.70. The van der Waals surface area contributed by atoms with Gasteiger partial charge in [-0.3, -0.25) is 0 Å². The molecule has 6 heteroatoms. The molecule has 3 rings (SSSR count). The van der Waals surface area contributed by atoms with Crippen LogP contribution in [0.3, 0.4) is 0 Å². The van der Waals surface area contributed by atoms with Crippen molar-refractivity contribution in [3.05, 3.63) is 82.6 Å². The Kier molecular flexibility index (Phi) is 6.61. The van der Waals surface area contributed by atoms with Crippen molar-refractivity contribution in [2.75, 3.05) is 19.5 Å². The van der Waals surface area contributed by atoms with Gasteiger partial charge in [-0.15, -0.1) is 0 Å². The van der Waals surface area contributed by atoms with E-state index in [2.05, 4.69) is 5.32 Å². The smallest absolute Gasteiger partial charge is 0.180 e. The van der Waals surface area contributed by atoms with E-state index in [1.807, 2.05) is 36.4 Å². The Bertz CT molecular complexity index is 914. The van der Waals surface area contributed by atoms with Crippen LogP contribution < -0.4 is 19.5 Å². The molecule has 146 valence electrons. The Balaban J connectivity index is 1.68. The quantitative estimate of drug-likeness (QED) is 0.526. The van der Waals surface area contributed by atoms with Crippen LogP contribution in [-0.2, 0) is 13.2 Å². The SMILES string of the molecule is COc1ccc(NCc2cc(Cl)c(OCc3ccc(F)cc3)c(OC)c2)cc1. The maximum Gasteiger partial charge on any atom is 0.180 e. The second-order valence-corrected chi connectivity index (χ2v) is 6.51. The maximum atomic E-state index is 13.0. The van der Waals surface area contributed by atoms with Crippen LogP contribution in [0.25, 0.3) is 0 Å². The normalized spacial score (nSPS) is 10.4. The summed E-state index contributed by atoms with van der Waals surface area (Å²) in [5.74, 6) is 1.52. The number of nitrogens with one attached hydrogen (secondary N) is 1. The second-order valence-electron chi connectivity index (χ2n) is 6.11. The van der Waals surface area contributed by atoms with Gasteiger partial charge in [0, 0.05) is 12.2 Å². The highest BCUT2D eigenvalue weighted by Gasteiger charge is 2.12. The molecule has 0 fully saturated rings. The van der Waals surface area contributed by atoms with Gasteiger partial charge in [-0.1, -0.05) is 23.7 Å². The molecule has 0 amide bonds. The van der Waals surface area contributed by atoms with Gasteiger partial charge >= 0.3 is 0 Å². The lowest BCUT2D eigenvalue weighted by molar-refractivity contribution is 0.284. The molecule has 0 saturated carbocycles. The first kappa shape index (κ1) is 19.8. The van der Waals surface area contributed by atoms with Gasteiger partial charge in [-0.25, -0.2) is 4.39 Å². The minimum absolute atomic E-state index is 0.264. The lowest BCUT2D eigenvalue weighted by Crippen LogP contribution is -2.02. The maximum absolute atomic E-state index is 13.0. The summed E-state index contributed by atoms with van der Waals surface area (Å²) in [7, 11) is 3.20. The van der Waals surface area contributed by atoms with Crippen molar-refractivity contribution < 1.29 is 18.6 Å². The average molecular weight is 402 g/mol. The monoisotopic (exact) mass is 401 g/mol. The number of halogens is 2. The highest BCUT2D eigenvalue weighted by Crippen LogP contribution is 2.37. The molecule has 3 aromatic carbocycles. The molecule has 0 aliphatic carbocycles. The summed E-state index contributed by atoms with van der Waals surface area (Å²) in [6.45, 7) is 0.834. The van der Waals surface area contributed by atoms with Gasteiger partial charge in [0.1, 0.15) is 18.2 Å². The third-order valence-corrected chi connectivity index (χ3v) is 4.45. The van der Waals surface area contributed by atoms with E-state index in [4.69, 9.17) is 25.8 Å². The molecule has 3 aromatic rings. The fourth-order valence-corrected chi connectivity index (χ4v) is 2.95. The van der Waals surface area contributed by atoms with Crippen LogP contribution >= 0.6 is 11.6 Å². The van der Waals surface area contributed by atoms with Crippen LogP contribution in [0.1, 0.15) is 11.1 Å². The fourth-order valence-electron chi connectivity index (χ4n) is 2.66. The number of rotatable bonds is 8. The van der Waals surface area contributed by atoms with Crippen molar-refractivity contribution in [2.45, 2.75) is 13.2 Å². The van der Waals surface area contributed by atoms with Crippen LogP contribution in [0, 0.1) is 5.82 Å². The summed E-state index contributed by atoms with van der Waals surface area (Å²) in [6, 6.07) is 17.5. The Labute approximate surface area is 168 Å². The van der Waals surface area contributed by atoms with Crippen molar-refractivity contribution in [3.8, 4) is 17.2 Å². The molecule has 1 N–H and O–H groups in total. The predicted octanol–water partition coefficient (Wildman–Crippen LogP) is 5.69. The van der Waals surface area contributed by atoms with Crippen molar-refractivity contribution >= 4 is 17.3 Å². The molecule has 0 aromatic heterocycles. The van der Waals surface area contributed by atoms with Crippen LogP contribution in [0.15, 0.2) is 60.7 Å². The number of hydrogen-bond donors (Lipinski definition) is 1. The zero-order valence-corrected chi connectivity index (χ0v) is 16.4. The van der Waals surface area contributed by atoms with Crippen molar-refractivity contribution in [1.29, 1.82) is 0 Å². The van der Waals surface area contributed by atoms with Gasteiger partial charge < -0.3 is 19.5 Å². The Morgan fingerprint density at radius 3 is 2.25 bits per heavy atom. The highest BCUT2D eigenvalue weighted by atomic mass is 35.5. The number of anilines is 1. The number of methoxy groups -OCH3 is 2. The minimum Gasteiger partial charge on any atom is -0.497 e. The van der Waals surface area contributed by atoms with Gasteiger partial charge in [-0.2, -0.15) is 0 Å². The molecule has 0 aliphatic rings. The zero-order chi connectivity index (χ0) is 19.9. The third-order valence-electron chi connectivity index (χ3n) is 4.17. The van der Waals surface area contributed by atoms with E-state index in [0.717, 1.165) is 22.6 Å². The number of hydrogen-bond acceptors (Lipinski definition) is 4. The molecular formula is C22H21ClFNO3. The van der Waals surface area contributed by atoms with Crippen molar-refractivity contribution in [1.82, 2.24) is 0 Å². The van der Waals surface area contributed by atoms with Gasteiger partial charge in [0.15, 0.2) is 11.5 Å². The van der Waals surface area contributed by atoms with Crippen LogP contribution in [0.5, 0.6) is 17.2 Å². The average Bonchev–Trinajstić information content (AvgIpc) is 2.72. The molecule has 0 spiro atoms. The molecular weight excluding hydrogens is 381 g/mol. The first-order valence-corrected chi connectivity index (χ1v) is 9.08. The largest absolute Gasteiger partial charge is 0.497 e. The van der Waals surface area contributed by atoms with Gasteiger partial charge in [0.05, 0.1) is 19.2 Å². The molecule has 0 aliphatic heterocycles. The second kappa shape index (κ2) is 9.33. The summed E-state index contributed by atoms with van der Waals surface area (Å²) in [5, 5.41) is 3.78. The lowest BCUT2D eigenvalue weighted by atomic mass is 10.2. The molecule has 0 radical (unpaired) electrons. The van der Waals surface area contributed by atoms with Crippen LogP contribution in [0.4, 0.5) is 10.1 Å². The lowest BCUT2D eigenvalue weighted by Gasteiger charge is -2.15. The predicted molar refractivity (Wildman–Crippen MR) is 109 cm³/mol. The fraction of sp³-hybridized carbons (Fsp3) is 0.182. The van der Waals surface area contributed by atoms with Crippen LogP contribution in [0.2, 0.25) is 5.02 Å². The topological polar surface area (TPSA) is 39.7 Å². The molecule has 0 bridgehead atoms. The molecule has 0 atom stereocenters. The molecule has 28 heavy (non-hydrogen) atoms. The standard InChI is InChI=1S/C22H21ClFNO3/c1-26-19-9-7-18(8-10-19)25-13-16-11-20(23)22(21(12-16)27-2)28-14-15-3-5-17(24)6-4-15/h3-12,25H,13-14H2,1-2H3. The van der Waals surface area contributed by atoms with E-state index in [-0.39, 0.29) is 12.4 Å². The van der Waals surface area contributed by atoms with E-state index < -0.39 is 0 Å². The van der Waals surface area contributed by atoms with E-state index in [1.54, 1.807) is 26.4 Å². The highest BCUT2D eigenvalue weighted by molar-refractivity contribution is 6.32. The number of ether oxygens (including phenoxy) is 3. The molecule has 4 nitrogen and oxygen atoms in total. The van der Waals surface area contributed by atoms with Crippen molar-refractivity contribution in [2.24, 2.45) is 0 Å². The summed E-state index contributed by atoms with van der Waals surface area (Å²) in [4.78, 5) is 0. The Morgan fingerprint density at radius 1 is 0.893 bits per heavy atom. The van der Waals surface area contributed by atoms with Gasteiger partial charge in [0.2, 0.25) is 0 Å². The minimum atomic E-state index is -0.284. The molecule has 0 saturated heterocycles. The summed E-state index contributed by atoms with van der Waals surface area (Å²) >= 11 is 6.42.